The molecule has 2 aliphatic rings. The van der Waals surface area contributed by atoms with E-state index in [9.17, 15) is 0 Å². The van der Waals surface area contributed by atoms with Crippen LogP contribution >= 0.6 is 0 Å². The second-order valence-corrected chi connectivity index (χ2v) is 13.0. The molecular weight excluding hydrogens is 621 g/mol. The molecule has 10 rings (SSSR count). The van der Waals surface area contributed by atoms with Gasteiger partial charge >= 0.3 is 0 Å². The molecule has 0 saturated heterocycles. The predicted octanol–water partition coefficient (Wildman–Crippen LogP) is 11.6. The van der Waals surface area contributed by atoms with Crippen molar-refractivity contribution in [3.05, 3.63) is 194 Å². The Labute approximate surface area is 296 Å². The fourth-order valence-electron chi connectivity index (χ4n) is 7.61. The molecule has 2 bridgehead atoms. The molecule has 3 heterocycles. The summed E-state index contributed by atoms with van der Waals surface area (Å²) >= 11 is 0. The van der Waals surface area contributed by atoms with Crippen molar-refractivity contribution in [2.24, 2.45) is 0 Å². The number of rotatable bonds is 5. The molecule has 4 heteroatoms. The molecule has 0 amide bonds. The van der Waals surface area contributed by atoms with E-state index >= 15 is 0 Å². The monoisotopic (exact) mass is 652 g/mol. The number of fused-ring (bicyclic) bond motifs is 6. The van der Waals surface area contributed by atoms with Crippen molar-refractivity contribution in [3.8, 4) is 39.6 Å². The van der Waals surface area contributed by atoms with E-state index in [0.29, 0.717) is 5.82 Å². The van der Waals surface area contributed by atoms with Gasteiger partial charge in [0.2, 0.25) is 0 Å². The third-order valence-corrected chi connectivity index (χ3v) is 9.99. The van der Waals surface area contributed by atoms with Gasteiger partial charge in [0.15, 0.2) is 5.82 Å². The highest BCUT2D eigenvalue weighted by Crippen LogP contribution is 2.43. The Morgan fingerprint density at radius 1 is 0.510 bits per heavy atom. The third-order valence-electron chi connectivity index (χ3n) is 9.99. The summed E-state index contributed by atoms with van der Waals surface area (Å²) < 4.78 is 2.29. The fourth-order valence-corrected chi connectivity index (χ4v) is 7.61. The minimum Gasteiger partial charge on any atom is -0.330 e. The molecule has 0 fully saturated rings. The minimum absolute atomic E-state index is 0.157. The number of hydrogen-bond donors (Lipinski definition) is 0. The molecule has 8 aromatic rings. The van der Waals surface area contributed by atoms with Crippen molar-refractivity contribution >= 4 is 38.8 Å². The van der Waals surface area contributed by atoms with Crippen LogP contribution in [-0.2, 0) is 0 Å². The van der Waals surface area contributed by atoms with Crippen molar-refractivity contribution < 1.29 is 0 Å². The molecule has 1 aliphatic heterocycles. The number of benzene rings is 6. The Morgan fingerprint density at radius 2 is 1.20 bits per heavy atom. The predicted molar refractivity (Wildman–Crippen MR) is 211 cm³/mol. The standard InChI is InChI=1S/C47H32N4/c1-4-14-32(15-5-1)42-31-46(49-47(48-42)33-16-6-2-7-17-33)51-43-23-13-12-22-39(43)41-30-35(25-27-45(41)51)34-24-26-44-40(29-34)36-18-10-11-21-38(28-36)50(44)37-19-8-3-9-20-37/h1-31,38H. The van der Waals surface area contributed by atoms with Gasteiger partial charge in [-0.05, 0) is 65.2 Å². The Morgan fingerprint density at radius 3 is 2.02 bits per heavy atom. The summed E-state index contributed by atoms with van der Waals surface area (Å²) in [5.74, 6) is 1.54. The molecular formula is C47H32N4. The van der Waals surface area contributed by atoms with E-state index in [0.717, 1.165) is 33.7 Å². The first kappa shape index (κ1) is 29.2. The molecule has 51 heavy (non-hydrogen) atoms. The van der Waals surface area contributed by atoms with Crippen LogP contribution in [-0.4, -0.2) is 20.6 Å². The number of aromatic nitrogens is 3. The van der Waals surface area contributed by atoms with E-state index in [4.69, 9.17) is 9.97 Å². The van der Waals surface area contributed by atoms with Crippen molar-refractivity contribution in [1.29, 1.82) is 0 Å². The zero-order chi connectivity index (χ0) is 33.7. The summed E-state index contributed by atoms with van der Waals surface area (Å²) in [7, 11) is 0. The Bertz CT molecular complexity index is 2630. The van der Waals surface area contributed by atoms with Gasteiger partial charge in [0.1, 0.15) is 5.82 Å². The van der Waals surface area contributed by atoms with Crippen LogP contribution in [0, 0.1) is 0 Å². The lowest BCUT2D eigenvalue weighted by Crippen LogP contribution is -2.31. The van der Waals surface area contributed by atoms with E-state index in [1.165, 1.54) is 44.4 Å². The quantitative estimate of drug-likeness (QED) is 0.186. The number of nitrogens with zero attached hydrogens (tertiary/aromatic N) is 4. The van der Waals surface area contributed by atoms with Crippen LogP contribution in [0.2, 0.25) is 0 Å². The Balaban J connectivity index is 1.14. The Kier molecular flexibility index (Phi) is 6.85. The third kappa shape index (κ3) is 5.00. The zero-order valence-electron chi connectivity index (χ0n) is 27.8. The van der Waals surface area contributed by atoms with E-state index in [1.807, 2.05) is 24.3 Å². The first-order valence-electron chi connectivity index (χ1n) is 17.4. The summed E-state index contributed by atoms with van der Waals surface area (Å²) in [5.41, 5.74) is 12.4. The average Bonchev–Trinajstić information content (AvgIpc) is 3.38. The maximum absolute atomic E-state index is 5.20. The molecule has 4 nitrogen and oxygen atoms in total. The van der Waals surface area contributed by atoms with E-state index in [1.54, 1.807) is 0 Å². The average molecular weight is 653 g/mol. The van der Waals surface area contributed by atoms with Crippen molar-refractivity contribution in [1.82, 2.24) is 14.5 Å². The highest BCUT2D eigenvalue weighted by Gasteiger charge is 2.27. The van der Waals surface area contributed by atoms with E-state index in [2.05, 4.69) is 173 Å². The molecule has 0 saturated carbocycles. The van der Waals surface area contributed by atoms with Crippen LogP contribution in [0.1, 0.15) is 5.56 Å². The lowest BCUT2D eigenvalue weighted by Gasteiger charge is -2.36. The maximum atomic E-state index is 5.20. The molecule has 1 aliphatic carbocycles. The largest absolute Gasteiger partial charge is 0.330 e. The molecule has 6 aromatic carbocycles. The van der Waals surface area contributed by atoms with Gasteiger partial charge in [0.05, 0.1) is 22.8 Å². The van der Waals surface area contributed by atoms with Crippen LogP contribution in [0.4, 0.5) is 11.4 Å². The fraction of sp³-hybridized carbons (Fsp3) is 0.0213. The first-order valence-corrected chi connectivity index (χ1v) is 17.4. The summed E-state index contributed by atoms with van der Waals surface area (Å²) in [4.78, 5) is 12.7. The summed E-state index contributed by atoms with van der Waals surface area (Å²) in [6.45, 7) is 0. The van der Waals surface area contributed by atoms with Gasteiger partial charge in [-0.25, -0.2) is 9.97 Å². The first-order chi connectivity index (χ1) is 25.3. The molecule has 1 atom stereocenters. The second-order valence-electron chi connectivity index (χ2n) is 13.0. The highest BCUT2D eigenvalue weighted by molar-refractivity contribution is 6.10. The van der Waals surface area contributed by atoms with Gasteiger partial charge in [-0.2, -0.15) is 0 Å². The van der Waals surface area contributed by atoms with Crippen LogP contribution in [0.15, 0.2) is 188 Å². The lowest BCUT2D eigenvalue weighted by atomic mass is 9.91. The molecule has 1 unspecified atom stereocenters. The molecule has 240 valence electrons. The van der Waals surface area contributed by atoms with Gasteiger partial charge in [0, 0.05) is 44.9 Å². The van der Waals surface area contributed by atoms with Gasteiger partial charge in [-0.3, -0.25) is 4.57 Å². The van der Waals surface area contributed by atoms with Gasteiger partial charge in [0.25, 0.3) is 0 Å². The lowest BCUT2D eigenvalue weighted by molar-refractivity contribution is 0.932. The van der Waals surface area contributed by atoms with Crippen molar-refractivity contribution in [3.63, 3.8) is 0 Å². The maximum Gasteiger partial charge on any atom is 0.162 e. The normalized spacial score (nSPS) is 14.8. The van der Waals surface area contributed by atoms with Crippen LogP contribution in [0.3, 0.4) is 0 Å². The van der Waals surface area contributed by atoms with Crippen molar-refractivity contribution in [2.45, 2.75) is 6.04 Å². The minimum atomic E-state index is 0.157. The SMILES string of the molecule is C1=CC2=CC(C=C1)N(c1ccccc1)c1ccc(-c3ccc4c(c3)c3ccccc3n4-c3cc(-c4ccccc4)nc(-c4ccccc4)n3)cc12. The molecule has 0 spiro atoms. The van der Waals surface area contributed by atoms with Gasteiger partial charge < -0.3 is 4.90 Å². The number of anilines is 2. The van der Waals surface area contributed by atoms with Gasteiger partial charge in [-0.15, -0.1) is 0 Å². The smallest absolute Gasteiger partial charge is 0.162 e. The molecule has 0 radical (unpaired) electrons. The van der Waals surface area contributed by atoms with Crippen LogP contribution < -0.4 is 4.90 Å². The van der Waals surface area contributed by atoms with Crippen LogP contribution in [0.25, 0.3) is 67.0 Å². The number of hydrogen-bond acceptors (Lipinski definition) is 3. The van der Waals surface area contributed by atoms with Crippen molar-refractivity contribution in [2.75, 3.05) is 4.90 Å². The zero-order valence-corrected chi connectivity index (χ0v) is 27.8. The highest BCUT2D eigenvalue weighted by atomic mass is 15.2. The van der Waals surface area contributed by atoms with E-state index in [-0.39, 0.29) is 6.04 Å². The van der Waals surface area contributed by atoms with Crippen LogP contribution in [0.5, 0.6) is 0 Å². The topological polar surface area (TPSA) is 34.0 Å². The van der Waals surface area contributed by atoms with Gasteiger partial charge in [-0.1, -0.05) is 133 Å². The molecule has 2 aromatic heterocycles. The Hall–Kier alpha value is -6.78. The number of para-hydroxylation sites is 2. The molecule has 0 N–H and O–H groups in total. The second kappa shape index (κ2) is 12.0. The van der Waals surface area contributed by atoms with E-state index < -0.39 is 0 Å². The summed E-state index contributed by atoms with van der Waals surface area (Å²) in [5, 5.41) is 2.37. The summed E-state index contributed by atoms with van der Waals surface area (Å²) in [6.07, 6.45) is 11.2. The summed E-state index contributed by atoms with van der Waals surface area (Å²) in [6, 6.07) is 55.9. The number of allylic oxidation sites excluding steroid dienone is 4.